The highest BCUT2D eigenvalue weighted by Gasteiger charge is 2.29. The molecule has 6 N–H and O–H groups in total. The molecule has 0 radical (unpaired) electrons. The molecule has 3 aromatic rings. The quantitative estimate of drug-likeness (QED) is 0.114. The Labute approximate surface area is 226 Å². The highest BCUT2D eigenvalue weighted by Crippen LogP contribution is 2.22. The van der Waals surface area contributed by atoms with Gasteiger partial charge in [-0.05, 0) is 42.9 Å². The molecule has 1 fully saturated rings. The van der Waals surface area contributed by atoms with E-state index >= 15 is 0 Å². The highest BCUT2D eigenvalue weighted by molar-refractivity contribution is 7.89. The number of H-pyrrole nitrogens is 1. The summed E-state index contributed by atoms with van der Waals surface area (Å²) in [4.78, 5) is 28.3. The number of non-ortho nitro benzene ring substituents is 1. The van der Waals surface area contributed by atoms with Crippen LogP contribution in [0.1, 0.15) is 18.4 Å². The molecule has 2 atom stereocenters. The first-order valence-corrected chi connectivity index (χ1v) is 13.3. The molecule has 0 spiro atoms. The minimum atomic E-state index is -4.26. The highest BCUT2D eigenvalue weighted by atomic mass is 35.5. The molecular weight excluding hydrogens is 534 g/mol. The number of likely N-dealkylation sites (tertiary alicyclic amines) is 1. The summed E-state index contributed by atoms with van der Waals surface area (Å²) in [6.45, 7) is 1.51. The number of benzene rings is 2. The van der Waals surface area contributed by atoms with Crippen LogP contribution in [0.25, 0.3) is 10.9 Å². The number of nitrogens with two attached hydrogens (primary N) is 1. The molecule has 1 amide bonds. The molecule has 1 saturated heterocycles. The van der Waals surface area contributed by atoms with Gasteiger partial charge in [-0.2, -0.15) is 4.72 Å². The molecule has 1 aromatic heterocycles. The summed E-state index contributed by atoms with van der Waals surface area (Å²) in [5.41, 5.74) is 6.84. The van der Waals surface area contributed by atoms with E-state index in [0.717, 1.165) is 35.4 Å². The summed E-state index contributed by atoms with van der Waals surface area (Å²) in [5.74, 6) is -0.471. The van der Waals surface area contributed by atoms with Gasteiger partial charge in [-0.25, -0.2) is 8.42 Å². The van der Waals surface area contributed by atoms with Gasteiger partial charge in [0.15, 0.2) is 5.96 Å². The number of amides is 1. The van der Waals surface area contributed by atoms with Gasteiger partial charge in [-0.15, -0.1) is 12.4 Å². The maximum absolute atomic E-state index is 13.3. The van der Waals surface area contributed by atoms with Gasteiger partial charge in [-0.1, -0.05) is 24.3 Å². The van der Waals surface area contributed by atoms with Crippen LogP contribution < -0.4 is 15.8 Å². The number of piperidine rings is 1. The van der Waals surface area contributed by atoms with Gasteiger partial charge in [0.05, 0.1) is 9.82 Å². The van der Waals surface area contributed by atoms with Crippen molar-refractivity contribution < 1.29 is 18.1 Å². The number of fused-ring (bicyclic) bond motifs is 1. The van der Waals surface area contributed by atoms with Gasteiger partial charge in [0.2, 0.25) is 15.9 Å². The van der Waals surface area contributed by atoms with E-state index in [9.17, 15) is 23.3 Å². The lowest BCUT2D eigenvalue weighted by Crippen LogP contribution is -2.51. The van der Waals surface area contributed by atoms with Crippen LogP contribution in [0.5, 0.6) is 0 Å². The van der Waals surface area contributed by atoms with E-state index in [1.54, 1.807) is 11.1 Å². The van der Waals surface area contributed by atoms with E-state index in [1.807, 2.05) is 24.3 Å². The average molecular weight is 564 g/mol. The van der Waals surface area contributed by atoms with Gasteiger partial charge in [0, 0.05) is 48.9 Å². The van der Waals surface area contributed by atoms with Crippen LogP contribution in [0.3, 0.4) is 0 Å². The lowest BCUT2D eigenvalue weighted by atomic mass is 9.98. The molecule has 12 nitrogen and oxygen atoms in total. The molecule has 4 rings (SSSR count). The second-order valence-electron chi connectivity index (χ2n) is 9.08. The topological polar surface area (TPSA) is 187 Å². The summed E-state index contributed by atoms with van der Waals surface area (Å²) >= 11 is 0. The van der Waals surface area contributed by atoms with Gasteiger partial charge in [0.25, 0.3) is 5.69 Å². The van der Waals surface area contributed by atoms with Gasteiger partial charge in [-0.3, -0.25) is 20.3 Å². The first-order chi connectivity index (χ1) is 17.6. The third-order valence-corrected chi connectivity index (χ3v) is 7.95. The number of hydrogen-bond acceptors (Lipinski definition) is 6. The van der Waals surface area contributed by atoms with Gasteiger partial charge < -0.3 is 20.9 Å². The SMILES string of the molecule is Cl.N=C(N)N1CCCC(CNC(=O)C(Cc2c[nH]c3ccccc23)NS(=O)(=O)c2cccc([N+](=O)[O-])c2)C1. The minimum absolute atomic E-state index is 0. The Morgan fingerprint density at radius 3 is 2.76 bits per heavy atom. The second-order valence-corrected chi connectivity index (χ2v) is 10.8. The number of nitrogens with zero attached hydrogens (tertiary/aromatic N) is 2. The van der Waals surface area contributed by atoms with Crippen LogP contribution in [-0.4, -0.2) is 60.8 Å². The van der Waals surface area contributed by atoms with E-state index in [1.165, 1.54) is 18.2 Å². The van der Waals surface area contributed by atoms with Crippen LogP contribution in [0.2, 0.25) is 0 Å². The Balaban J connectivity index is 0.00000400. The second kappa shape index (κ2) is 12.2. The Morgan fingerprint density at radius 1 is 1.26 bits per heavy atom. The number of nitro groups is 1. The number of nitrogens with one attached hydrogen (secondary N) is 4. The molecular formula is C24H30ClN7O5S. The van der Waals surface area contributed by atoms with Crippen molar-refractivity contribution in [1.29, 1.82) is 5.41 Å². The van der Waals surface area contributed by atoms with E-state index in [0.29, 0.717) is 19.6 Å². The zero-order valence-electron chi connectivity index (χ0n) is 20.4. The van der Waals surface area contributed by atoms with E-state index in [-0.39, 0.29) is 41.3 Å². The van der Waals surface area contributed by atoms with E-state index in [2.05, 4.69) is 15.0 Å². The number of para-hydroxylation sites is 1. The Bertz CT molecular complexity index is 1430. The first kappa shape index (κ1) is 28.9. The number of guanidine groups is 1. The third kappa shape index (κ3) is 6.79. The lowest BCUT2D eigenvalue weighted by Gasteiger charge is -2.33. The van der Waals surface area contributed by atoms with Crippen LogP contribution in [-0.2, 0) is 21.2 Å². The number of hydrogen-bond donors (Lipinski definition) is 5. The van der Waals surface area contributed by atoms with Crippen LogP contribution in [0.4, 0.5) is 5.69 Å². The molecule has 204 valence electrons. The zero-order chi connectivity index (χ0) is 26.6. The molecule has 0 bridgehead atoms. The van der Waals surface area contributed by atoms with Crippen molar-refractivity contribution in [1.82, 2.24) is 19.9 Å². The van der Waals surface area contributed by atoms with Gasteiger partial charge >= 0.3 is 0 Å². The van der Waals surface area contributed by atoms with Crippen molar-refractivity contribution in [3.05, 3.63) is 70.4 Å². The molecule has 2 aromatic carbocycles. The summed E-state index contributed by atoms with van der Waals surface area (Å²) in [7, 11) is -4.26. The monoisotopic (exact) mass is 563 g/mol. The number of aromatic amines is 1. The van der Waals surface area contributed by atoms with Gasteiger partial charge in [0.1, 0.15) is 6.04 Å². The van der Waals surface area contributed by atoms with Crippen molar-refractivity contribution in [2.24, 2.45) is 11.7 Å². The smallest absolute Gasteiger partial charge is 0.270 e. The van der Waals surface area contributed by atoms with Crippen molar-refractivity contribution in [3.8, 4) is 0 Å². The van der Waals surface area contributed by atoms with E-state index < -0.39 is 26.9 Å². The molecule has 0 saturated carbocycles. The average Bonchev–Trinajstić information content (AvgIpc) is 3.29. The minimum Gasteiger partial charge on any atom is -0.370 e. The maximum atomic E-state index is 13.3. The standard InChI is InChI=1S/C24H29N7O5S.ClH/c25-24(26)30-10-4-5-16(15-30)13-28-23(32)22(11-17-14-27-21-9-2-1-8-20(17)21)29-37(35,36)19-7-3-6-18(12-19)31(33)34;/h1-3,6-9,12,14,16,22,27,29H,4-5,10-11,13,15H2,(H3,25,26)(H,28,32);1H. The van der Waals surface area contributed by atoms with E-state index in [4.69, 9.17) is 11.1 Å². The number of nitro benzene ring substituents is 1. The summed E-state index contributed by atoms with van der Waals surface area (Å²) in [6.07, 6.45) is 3.47. The van der Waals surface area contributed by atoms with Crippen molar-refractivity contribution in [2.45, 2.75) is 30.2 Å². The van der Waals surface area contributed by atoms with Crippen LogP contribution in [0.15, 0.2) is 59.6 Å². The predicted octanol–water partition coefficient (Wildman–Crippen LogP) is 2.11. The largest absolute Gasteiger partial charge is 0.370 e. The fraction of sp³-hybridized carbons (Fsp3) is 0.333. The number of rotatable bonds is 9. The summed E-state index contributed by atoms with van der Waals surface area (Å²) in [6, 6.07) is 11.0. The van der Waals surface area contributed by atoms with Crippen molar-refractivity contribution in [2.75, 3.05) is 19.6 Å². The lowest BCUT2D eigenvalue weighted by molar-refractivity contribution is -0.385. The van der Waals surface area contributed by atoms with Crippen molar-refractivity contribution >= 4 is 50.9 Å². The Morgan fingerprint density at radius 2 is 2.03 bits per heavy atom. The van der Waals surface area contributed by atoms with Crippen LogP contribution in [0, 0.1) is 21.4 Å². The number of aromatic nitrogens is 1. The molecule has 1 aliphatic rings. The fourth-order valence-corrected chi connectivity index (χ4v) is 5.78. The summed E-state index contributed by atoms with van der Waals surface area (Å²) < 4.78 is 28.8. The Kier molecular flexibility index (Phi) is 9.31. The molecule has 1 aliphatic heterocycles. The zero-order valence-corrected chi connectivity index (χ0v) is 22.1. The first-order valence-electron chi connectivity index (χ1n) is 11.8. The molecule has 38 heavy (non-hydrogen) atoms. The summed E-state index contributed by atoms with van der Waals surface area (Å²) in [5, 5.41) is 22.5. The number of sulfonamides is 1. The predicted molar refractivity (Wildman–Crippen MR) is 146 cm³/mol. The Hall–Kier alpha value is -3.68. The normalized spacial score (nSPS) is 16.4. The molecule has 2 unspecified atom stereocenters. The molecule has 0 aliphatic carbocycles. The number of carbonyl (C=O) groups excluding carboxylic acids is 1. The number of halogens is 1. The number of carbonyl (C=O) groups is 1. The molecule has 14 heteroatoms. The fourth-order valence-electron chi connectivity index (χ4n) is 4.55. The third-order valence-electron chi connectivity index (χ3n) is 6.48. The molecule has 2 heterocycles. The van der Waals surface area contributed by atoms with Crippen molar-refractivity contribution in [3.63, 3.8) is 0 Å². The van der Waals surface area contributed by atoms with Crippen LogP contribution >= 0.6 is 12.4 Å². The maximum Gasteiger partial charge on any atom is 0.270 e.